The molecule has 0 spiro atoms. The minimum absolute atomic E-state index is 0.115. The predicted octanol–water partition coefficient (Wildman–Crippen LogP) is 4.43. The number of nitrogens with one attached hydrogen (secondary N) is 1. The van der Waals surface area contributed by atoms with E-state index in [1.54, 1.807) is 49.5 Å². The van der Waals surface area contributed by atoms with Crippen molar-refractivity contribution in [2.75, 3.05) is 4.90 Å². The van der Waals surface area contributed by atoms with Crippen molar-refractivity contribution >= 4 is 29.6 Å². The lowest BCUT2D eigenvalue weighted by Gasteiger charge is -2.52. The number of imide groups is 1. The van der Waals surface area contributed by atoms with Gasteiger partial charge < -0.3 is 4.42 Å². The van der Waals surface area contributed by atoms with Crippen LogP contribution in [0.15, 0.2) is 94.4 Å². The summed E-state index contributed by atoms with van der Waals surface area (Å²) in [7, 11) is 0. The van der Waals surface area contributed by atoms with Crippen LogP contribution in [-0.4, -0.2) is 23.9 Å². The van der Waals surface area contributed by atoms with Crippen LogP contribution in [0.1, 0.15) is 50.1 Å². The monoisotopic (exact) mass is 526 g/mol. The number of carbonyl (C=O) groups excluding carboxylic acids is 3. The van der Waals surface area contributed by atoms with E-state index in [0.29, 0.717) is 5.76 Å². The number of furan rings is 1. The number of aryl methyl sites for hydroxylation is 1. The fraction of sp³-hybridized carbons (Fsp3) is 0.156. The third kappa shape index (κ3) is 3.06. The second kappa shape index (κ2) is 8.61. The first-order valence-corrected chi connectivity index (χ1v) is 12.9. The van der Waals surface area contributed by atoms with Gasteiger partial charge in [-0.05, 0) is 53.4 Å². The molecule has 3 amide bonds. The van der Waals surface area contributed by atoms with Crippen LogP contribution >= 0.6 is 0 Å². The average Bonchev–Trinajstić information content (AvgIpc) is 3.54. The number of carbonyl (C=O) groups is 3. The van der Waals surface area contributed by atoms with Crippen molar-refractivity contribution in [2.45, 2.75) is 18.3 Å². The summed E-state index contributed by atoms with van der Waals surface area (Å²) in [6.07, 6.45) is 1.59. The first-order chi connectivity index (χ1) is 19.5. The van der Waals surface area contributed by atoms with E-state index >= 15 is 0 Å². The molecule has 1 aliphatic heterocycles. The molecule has 194 valence electrons. The summed E-state index contributed by atoms with van der Waals surface area (Å²) in [5, 5.41) is 14.1. The van der Waals surface area contributed by atoms with E-state index in [0.717, 1.165) is 22.3 Å². The van der Waals surface area contributed by atoms with E-state index in [9.17, 15) is 19.6 Å². The molecule has 0 radical (unpaired) electrons. The Kier molecular flexibility index (Phi) is 5.12. The van der Waals surface area contributed by atoms with Crippen molar-refractivity contribution in [1.82, 2.24) is 5.43 Å². The Morgan fingerprint density at radius 3 is 2.25 bits per heavy atom. The van der Waals surface area contributed by atoms with Crippen molar-refractivity contribution < 1.29 is 18.8 Å². The number of nitriles is 1. The molecule has 4 aromatic rings. The van der Waals surface area contributed by atoms with E-state index in [1.807, 2.05) is 48.5 Å². The molecule has 8 nitrogen and oxygen atoms in total. The summed E-state index contributed by atoms with van der Waals surface area (Å²) in [4.78, 5) is 42.5. The summed E-state index contributed by atoms with van der Waals surface area (Å²) in [6, 6.07) is 27.5. The standard InChI is InChI=1S/C32H22N4O4/c1-18-14-15-25(40-18)29(37)35-34-17-32-22-11-5-3-9-20(22)26(21-10-4-6-12-23(21)32)27-28(32)31(39)36(30(27)38)24-13-7-2-8-19(24)16-33/h2-15,17,26-28H,1H3,(H,35,37)/b34-17-/t26?,27-,28-,32?/m0/s1. The number of hydrogen-bond donors (Lipinski definition) is 1. The van der Waals surface area contributed by atoms with Gasteiger partial charge in [-0.25, -0.2) is 10.3 Å². The molecule has 3 aromatic carbocycles. The number of hydrazone groups is 1. The van der Waals surface area contributed by atoms with Crippen LogP contribution in [0, 0.1) is 30.1 Å². The largest absolute Gasteiger partial charge is 0.456 e. The van der Waals surface area contributed by atoms with Crippen LogP contribution in [0.5, 0.6) is 0 Å². The van der Waals surface area contributed by atoms with Gasteiger partial charge in [0.2, 0.25) is 11.8 Å². The summed E-state index contributed by atoms with van der Waals surface area (Å²) in [6.45, 7) is 1.74. The van der Waals surface area contributed by atoms with Crippen LogP contribution in [0.25, 0.3) is 0 Å². The topological polar surface area (TPSA) is 116 Å². The number of rotatable bonds is 4. The molecule has 40 heavy (non-hydrogen) atoms. The molecule has 1 fully saturated rings. The van der Waals surface area contributed by atoms with Crippen molar-refractivity contribution in [3.8, 4) is 6.07 Å². The van der Waals surface area contributed by atoms with E-state index in [2.05, 4.69) is 16.6 Å². The molecule has 8 heteroatoms. The number of benzene rings is 3. The Labute approximate surface area is 229 Å². The van der Waals surface area contributed by atoms with Gasteiger partial charge in [-0.3, -0.25) is 14.4 Å². The zero-order valence-electron chi connectivity index (χ0n) is 21.4. The molecular weight excluding hydrogens is 504 g/mol. The van der Waals surface area contributed by atoms with Gasteiger partial charge in [-0.15, -0.1) is 0 Å². The maximum absolute atomic E-state index is 14.4. The highest BCUT2D eigenvalue weighted by molar-refractivity contribution is 6.25. The summed E-state index contributed by atoms with van der Waals surface area (Å²) < 4.78 is 5.43. The maximum Gasteiger partial charge on any atom is 0.307 e. The molecule has 8 rings (SSSR count). The quantitative estimate of drug-likeness (QED) is 0.240. The van der Waals surface area contributed by atoms with Crippen molar-refractivity contribution in [3.63, 3.8) is 0 Å². The smallest absolute Gasteiger partial charge is 0.307 e. The highest BCUT2D eigenvalue weighted by Gasteiger charge is 2.68. The highest BCUT2D eigenvalue weighted by Crippen LogP contribution is 2.63. The molecule has 4 aliphatic rings. The van der Waals surface area contributed by atoms with Crippen LogP contribution in [-0.2, 0) is 15.0 Å². The SMILES string of the molecule is Cc1ccc(C(=O)N/N=C\C23c4ccccc4C(c4ccccc42)[C@@H]2C(=O)N(c4ccccc4C#N)C(=O)[C@H]23)o1. The zero-order chi connectivity index (χ0) is 27.6. The summed E-state index contributed by atoms with van der Waals surface area (Å²) in [5.74, 6) is -2.44. The number of hydrogen-bond acceptors (Lipinski definition) is 6. The number of anilines is 1. The van der Waals surface area contributed by atoms with Crippen molar-refractivity contribution in [1.29, 1.82) is 5.26 Å². The summed E-state index contributed by atoms with van der Waals surface area (Å²) in [5.41, 5.74) is 5.54. The van der Waals surface area contributed by atoms with Crippen molar-refractivity contribution in [3.05, 3.63) is 124 Å². The van der Waals surface area contributed by atoms with Gasteiger partial charge in [0.1, 0.15) is 11.8 Å². The second-order valence-corrected chi connectivity index (χ2v) is 10.3. The van der Waals surface area contributed by atoms with Gasteiger partial charge in [0.15, 0.2) is 5.76 Å². The predicted molar refractivity (Wildman–Crippen MR) is 146 cm³/mol. The van der Waals surface area contributed by atoms with Gasteiger partial charge in [-0.2, -0.15) is 10.4 Å². The molecule has 2 bridgehead atoms. The fourth-order valence-corrected chi connectivity index (χ4v) is 6.85. The lowest BCUT2D eigenvalue weighted by molar-refractivity contribution is -0.122. The molecule has 2 heterocycles. The number of nitrogens with zero attached hydrogens (tertiary/aromatic N) is 3. The molecule has 1 saturated heterocycles. The van der Waals surface area contributed by atoms with E-state index in [-0.39, 0.29) is 28.8 Å². The maximum atomic E-state index is 14.4. The van der Waals surface area contributed by atoms with Crippen LogP contribution in [0.4, 0.5) is 5.69 Å². The van der Waals surface area contributed by atoms with Gasteiger partial charge in [-0.1, -0.05) is 60.7 Å². The molecule has 1 N–H and O–H groups in total. The fourth-order valence-electron chi connectivity index (χ4n) is 6.85. The second-order valence-electron chi connectivity index (χ2n) is 10.3. The first-order valence-electron chi connectivity index (χ1n) is 12.9. The normalized spacial score (nSPS) is 24.0. The first kappa shape index (κ1) is 23.8. The Bertz CT molecular complexity index is 1770. The average molecular weight is 527 g/mol. The molecular formula is C32H22N4O4. The van der Waals surface area contributed by atoms with Crippen LogP contribution in [0.2, 0.25) is 0 Å². The zero-order valence-corrected chi connectivity index (χ0v) is 21.4. The van der Waals surface area contributed by atoms with E-state index < -0.39 is 29.1 Å². The van der Waals surface area contributed by atoms with Crippen LogP contribution < -0.4 is 10.3 Å². The molecule has 1 aromatic heterocycles. The minimum atomic E-state index is -1.14. The molecule has 2 atom stereocenters. The third-order valence-electron chi connectivity index (χ3n) is 8.35. The number of amides is 3. The lowest BCUT2D eigenvalue weighted by atomic mass is 9.47. The molecule has 0 saturated carbocycles. The molecule has 0 unspecified atom stereocenters. The van der Waals surface area contributed by atoms with Crippen molar-refractivity contribution in [2.24, 2.45) is 16.9 Å². The molecule has 3 aliphatic carbocycles. The number of para-hydroxylation sites is 1. The highest BCUT2D eigenvalue weighted by atomic mass is 16.3. The van der Waals surface area contributed by atoms with Gasteiger partial charge in [0.05, 0.1) is 28.5 Å². The Morgan fingerprint density at radius 2 is 1.60 bits per heavy atom. The van der Waals surface area contributed by atoms with Crippen LogP contribution in [0.3, 0.4) is 0 Å². The Hall–Kier alpha value is -5.29. The third-order valence-corrected chi connectivity index (χ3v) is 8.35. The van der Waals surface area contributed by atoms with Gasteiger partial charge >= 0.3 is 5.91 Å². The lowest BCUT2D eigenvalue weighted by Crippen LogP contribution is -2.54. The Balaban J connectivity index is 1.43. The van der Waals surface area contributed by atoms with E-state index in [1.165, 1.54) is 4.90 Å². The van der Waals surface area contributed by atoms with Gasteiger partial charge in [0.25, 0.3) is 0 Å². The summed E-state index contributed by atoms with van der Waals surface area (Å²) >= 11 is 0. The minimum Gasteiger partial charge on any atom is -0.456 e. The van der Waals surface area contributed by atoms with Gasteiger partial charge in [0, 0.05) is 12.1 Å². The van der Waals surface area contributed by atoms with E-state index in [4.69, 9.17) is 4.42 Å². The Morgan fingerprint density at radius 1 is 0.950 bits per heavy atom.